The van der Waals surface area contributed by atoms with Crippen LogP contribution in [0.4, 0.5) is 18.9 Å². The van der Waals surface area contributed by atoms with Crippen LogP contribution in [0, 0.1) is 0 Å². The lowest BCUT2D eigenvalue weighted by Gasteiger charge is -2.29. The Labute approximate surface area is 177 Å². The van der Waals surface area contributed by atoms with Crippen molar-refractivity contribution < 1.29 is 27.8 Å². The van der Waals surface area contributed by atoms with Gasteiger partial charge in [-0.25, -0.2) is 4.98 Å². The molecule has 0 aliphatic carbocycles. The molecule has 2 N–H and O–H groups in total. The Morgan fingerprint density at radius 2 is 1.90 bits per heavy atom. The lowest BCUT2D eigenvalue weighted by molar-refractivity contribution is -0.270. The van der Waals surface area contributed by atoms with Crippen molar-refractivity contribution in [1.82, 2.24) is 9.55 Å². The van der Waals surface area contributed by atoms with Crippen LogP contribution in [0.5, 0.6) is 5.75 Å². The summed E-state index contributed by atoms with van der Waals surface area (Å²) >= 11 is 0. The second kappa shape index (κ2) is 8.81. The number of rotatable bonds is 7. The van der Waals surface area contributed by atoms with E-state index < -0.39 is 29.9 Å². The number of alkyl halides is 3. The van der Waals surface area contributed by atoms with Gasteiger partial charge >= 0.3 is 6.18 Å². The van der Waals surface area contributed by atoms with Gasteiger partial charge in [0.15, 0.2) is 5.82 Å². The maximum Gasteiger partial charge on any atom is 0.425 e. The number of nitrogens with zero attached hydrogens (tertiary/aromatic N) is 2. The molecule has 0 saturated carbocycles. The maximum absolute atomic E-state index is 13.7. The van der Waals surface area contributed by atoms with E-state index in [4.69, 9.17) is 4.74 Å². The summed E-state index contributed by atoms with van der Waals surface area (Å²) in [7, 11) is 2.83. The number of imidazole rings is 1. The van der Waals surface area contributed by atoms with E-state index in [1.807, 2.05) is 30.3 Å². The Hall–Kier alpha value is -3.33. The predicted octanol–water partition coefficient (Wildman–Crippen LogP) is 3.80. The molecule has 164 valence electrons. The molecule has 2 aromatic carbocycles. The first-order valence-electron chi connectivity index (χ1n) is 9.41. The van der Waals surface area contributed by atoms with Gasteiger partial charge in [0.05, 0.1) is 13.5 Å². The molecule has 1 amide bonds. The second-order valence-electron chi connectivity index (χ2n) is 7.13. The van der Waals surface area contributed by atoms with E-state index in [2.05, 4.69) is 10.3 Å². The first kappa shape index (κ1) is 22.4. The van der Waals surface area contributed by atoms with Gasteiger partial charge in [-0.2, -0.15) is 13.2 Å². The molecule has 6 nitrogen and oxygen atoms in total. The molecule has 0 bridgehead atoms. The van der Waals surface area contributed by atoms with Crippen LogP contribution in [0.15, 0.2) is 60.9 Å². The van der Waals surface area contributed by atoms with Crippen LogP contribution in [-0.4, -0.2) is 33.9 Å². The summed E-state index contributed by atoms with van der Waals surface area (Å²) in [6.45, 7) is 0. The lowest BCUT2D eigenvalue weighted by Crippen LogP contribution is -2.46. The van der Waals surface area contributed by atoms with Crippen LogP contribution < -0.4 is 10.1 Å². The fourth-order valence-corrected chi connectivity index (χ4v) is 3.32. The van der Waals surface area contributed by atoms with Crippen molar-refractivity contribution >= 4 is 11.6 Å². The van der Waals surface area contributed by atoms with Crippen molar-refractivity contribution in [2.24, 2.45) is 7.05 Å². The second-order valence-corrected chi connectivity index (χ2v) is 7.13. The van der Waals surface area contributed by atoms with Crippen LogP contribution in [0.3, 0.4) is 0 Å². The highest BCUT2D eigenvalue weighted by molar-refractivity contribution is 5.91. The zero-order valence-corrected chi connectivity index (χ0v) is 17.0. The van der Waals surface area contributed by atoms with Crippen LogP contribution >= 0.6 is 0 Å². The normalized spacial score (nSPS) is 13.5. The van der Waals surface area contributed by atoms with E-state index in [1.165, 1.54) is 26.4 Å². The summed E-state index contributed by atoms with van der Waals surface area (Å²) < 4.78 is 47.3. The first-order valence-corrected chi connectivity index (χ1v) is 9.41. The summed E-state index contributed by atoms with van der Waals surface area (Å²) in [6, 6.07) is 14.3. The number of aliphatic hydroxyl groups is 1. The van der Waals surface area contributed by atoms with Gasteiger partial charge in [0.2, 0.25) is 11.5 Å². The van der Waals surface area contributed by atoms with Crippen LogP contribution in [0.1, 0.15) is 23.4 Å². The van der Waals surface area contributed by atoms with E-state index in [0.717, 1.165) is 21.9 Å². The van der Waals surface area contributed by atoms with Crippen molar-refractivity contribution in [3.8, 4) is 5.75 Å². The highest BCUT2D eigenvalue weighted by Gasteiger charge is 2.58. The molecule has 3 rings (SSSR count). The molecular weight excluding hydrogens is 411 g/mol. The molecule has 0 fully saturated rings. The number of hydrogen-bond donors (Lipinski definition) is 2. The largest absolute Gasteiger partial charge is 0.496 e. The topological polar surface area (TPSA) is 76.4 Å². The monoisotopic (exact) mass is 433 g/mol. The average molecular weight is 433 g/mol. The van der Waals surface area contributed by atoms with E-state index >= 15 is 0 Å². The van der Waals surface area contributed by atoms with Gasteiger partial charge in [0.1, 0.15) is 5.75 Å². The fraction of sp³-hybridized carbons (Fsp3) is 0.273. The highest BCUT2D eigenvalue weighted by Crippen LogP contribution is 2.41. The number of carbonyl (C=O) groups excluding carboxylic acids is 1. The van der Waals surface area contributed by atoms with Crippen molar-refractivity contribution in [3.05, 3.63) is 77.9 Å². The zero-order chi connectivity index (χ0) is 22.6. The van der Waals surface area contributed by atoms with E-state index in [0.29, 0.717) is 17.9 Å². The van der Waals surface area contributed by atoms with Crippen molar-refractivity contribution in [1.29, 1.82) is 0 Å². The van der Waals surface area contributed by atoms with Gasteiger partial charge in [0.25, 0.3) is 0 Å². The minimum atomic E-state index is -5.10. The summed E-state index contributed by atoms with van der Waals surface area (Å²) in [4.78, 5) is 16.1. The zero-order valence-electron chi connectivity index (χ0n) is 17.0. The number of ether oxygens (including phenoxy) is 1. The number of carbonyl (C=O) groups is 1. The molecule has 0 radical (unpaired) electrons. The fourth-order valence-electron chi connectivity index (χ4n) is 3.32. The van der Waals surface area contributed by atoms with E-state index in [1.54, 1.807) is 12.1 Å². The Bertz CT molecular complexity index is 1050. The standard InChI is InChI=1S/C22H22F3N3O3/c1-28-11-10-26-20(28)21(30,22(23,24)25)14-19(29)27-17-8-9-18(31-2)16(13-17)12-15-6-4-3-5-7-15/h3-11,13,30H,12,14H2,1-2H3,(H,27,29). The third-order valence-electron chi connectivity index (χ3n) is 4.88. The Kier molecular flexibility index (Phi) is 6.35. The molecule has 31 heavy (non-hydrogen) atoms. The van der Waals surface area contributed by atoms with Gasteiger partial charge in [-0.05, 0) is 23.8 Å². The minimum absolute atomic E-state index is 0.293. The summed E-state index contributed by atoms with van der Waals surface area (Å²) in [5.74, 6) is -1.07. The van der Waals surface area contributed by atoms with E-state index in [9.17, 15) is 23.1 Å². The van der Waals surface area contributed by atoms with Crippen molar-refractivity contribution in [2.45, 2.75) is 24.6 Å². The SMILES string of the molecule is COc1ccc(NC(=O)CC(O)(c2nccn2C)C(F)(F)F)cc1Cc1ccccc1. The number of aromatic nitrogens is 2. The number of nitrogens with one attached hydrogen (secondary N) is 1. The molecule has 1 atom stereocenters. The third-order valence-corrected chi connectivity index (χ3v) is 4.88. The van der Waals surface area contributed by atoms with Crippen LogP contribution in [-0.2, 0) is 23.9 Å². The maximum atomic E-state index is 13.7. The van der Waals surface area contributed by atoms with Crippen molar-refractivity contribution in [2.75, 3.05) is 12.4 Å². The number of methoxy groups -OCH3 is 1. The molecule has 1 unspecified atom stereocenters. The number of benzene rings is 2. The van der Waals surface area contributed by atoms with Crippen LogP contribution in [0.25, 0.3) is 0 Å². The number of amides is 1. The number of halogens is 3. The van der Waals surface area contributed by atoms with Gasteiger partial charge in [0, 0.05) is 37.1 Å². The molecular formula is C22H22F3N3O3. The Balaban J connectivity index is 1.82. The Morgan fingerprint density at radius 1 is 1.19 bits per heavy atom. The summed E-state index contributed by atoms with van der Waals surface area (Å²) in [6.07, 6.45) is -3.43. The van der Waals surface area contributed by atoms with Gasteiger partial charge in [-0.3, -0.25) is 4.79 Å². The van der Waals surface area contributed by atoms with Crippen molar-refractivity contribution in [3.63, 3.8) is 0 Å². The third kappa shape index (κ3) is 4.88. The van der Waals surface area contributed by atoms with Gasteiger partial charge in [-0.1, -0.05) is 30.3 Å². The number of aryl methyl sites for hydroxylation is 1. The molecule has 0 saturated heterocycles. The predicted molar refractivity (Wildman–Crippen MR) is 109 cm³/mol. The van der Waals surface area contributed by atoms with Gasteiger partial charge in [-0.15, -0.1) is 0 Å². The number of hydrogen-bond acceptors (Lipinski definition) is 4. The molecule has 9 heteroatoms. The molecule has 1 aromatic heterocycles. The van der Waals surface area contributed by atoms with Gasteiger partial charge < -0.3 is 19.7 Å². The summed E-state index contributed by atoms with van der Waals surface area (Å²) in [5.41, 5.74) is -1.37. The minimum Gasteiger partial charge on any atom is -0.496 e. The smallest absolute Gasteiger partial charge is 0.425 e. The average Bonchev–Trinajstić information content (AvgIpc) is 3.14. The molecule has 0 aliphatic rings. The molecule has 1 heterocycles. The Morgan fingerprint density at radius 3 is 2.48 bits per heavy atom. The lowest BCUT2D eigenvalue weighted by atomic mass is 9.97. The molecule has 0 aliphatic heterocycles. The van der Waals surface area contributed by atoms with E-state index in [-0.39, 0.29) is 0 Å². The number of anilines is 1. The highest BCUT2D eigenvalue weighted by atomic mass is 19.4. The summed E-state index contributed by atoms with van der Waals surface area (Å²) in [5, 5.41) is 12.8. The first-order chi connectivity index (χ1) is 14.6. The van der Waals surface area contributed by atoms with Crippen LogP contribution in [0.2, 0.25) is 0 Å². The quantitative estimate of drug-likeness (QED) is 0.594. The molecule has 0 spiro atoms. The molecule has 3 aromatic rings.